The fraction of sp³-hybridized carbons (Fsp3) is 0.286. The first kappa shape index (κ1) is 14.8. The van der Waals surface area contributed by atoms with Crippen molar-refractivity contribution in [3.8, 4) is 6.07 Å². The van der Waals surface area contributed by atoms with Gasteiger partial charge in [-0.2, -0.15) is 5.26 Å². The first-order valence-corrected chi connectivity index (χ1v) is 5.77. The van der Waals surface area contributed by atoms with E-state index in [-0.39, 0.29) is 5.56 Å². The summed E-state index contributed by atoms with van der Waals surface area (Å²) in [6, 6.07) is 5.41. The highest BCUT2D eigenvalue weighted by Crippen LogP contribution is 2.14. The van der Waals surface area contributed by atoms with Gasteiger partial charge in [0.25, 0.3) is 0 Å². The summed E-state index contributed by atoms with van der Waals surface area (Å²) in [6.45, 7) is 3.33. The van der Waals surface area contributed by atoms with E-state index in [4.69, 9.17) is 5.26 Å². The van der Waals surface area contributed by atoms with Gasteiger partial charge in [-0.1, -0.05) is 13.0 Å². The summed E-state index contributed by atoms with van der Waals surface area (Å²) in [6.07, 6.45) is 2.48. The number of amides is 1. The molecule has 0 heterocycles. The average molecular weight is 264 g/mol. The van der Waals surface area contributed by atoms with Crippen molar-refractivity contribution in [3.63, 3.8) is 0 Å². The minimum atomic E-state index is -0.991. The Bertz CT molecular complexity index is 529. The Balaban J connectivity index is 2.83. The van der Waals surface area contributed by atoms with Crippen LogP contribution >= 0.6 is 0 Å². The molecule has 3 nitrogen and oxygen atoms in total. The minimum absolute atomic E-state index is 0.284. The van der Waals surface area contributed by atoms with E-state index in [0.29, 0.717) is 6.42 Å². The van der Waals surface area contributed by atoms with Crippen LogP contribution in [0.3, 0.4) is 0 Å². The third-order valence-corrected chi connectivity index (χ3v) is 2.75. The van der Waals surface area contributed by atoms with E-state index >= 15 is 0 Å². The number of benzene rings is 1. The average Bonchev–Trinajstić information content (AvgIpc) is 2.38. The minimum Gasteiger partial charge on any atom is -0.334 e. The van der Waals surface area contributed by atoms with Crippen molar-refractivity contribution < 1.29 is 13.6 Å². The third kappa shape index (κ3) is 3.88. The summed E-state index contributed by atoms with van der Waals surface area (Å²) in [5.74, 6) is -2.07. The molecule has 0 unspecified atom stereocenters. The summed E-state index contributed by atoms with van der Waals surface area (Å²) < 4.78 is 26.6. The van der Waals surface area contributed by atoms with Gasteiger partial charge in [-0.25, -0.2) is 8.78 Å². The van der Waals surface area contributed by atoms with Crippen LogP contribution in [0.15, 0.2) is 24.3 Å². The van der Waals surface area contributed by atoms with Gasteiger partial charge in [0.05, 0.1) is 6.07 Å². The number of carbonyl (C=O) groups excluding carboxylic acids is 1. The van der Waals surface area contributed by atoms with Crippen LogP contribution in [0.1, 0.15) is 25.8 Å². The van der Waals surface area contributed by atoms with Gasteiger partial charge in [-0.05, 0) is 31.6 Å². The Hall–Kier alpha value is -2.22. The fourth-order valence-electron chi connectivity index (χ4n) is 1.34. The lowest BCUT2D eigenvalue weighted by atomic mass is 10.0. The Morgan fingerprint density at radius 2 is 2.05 bits per heavy atom. The van der Waals surface area contributed by atoms with Crippen LogP contribution in [0.4, 0.5) is 8.78 Å². The third-order valence-electron chi connectivity index (χ3n) is 2.75. The molecule has 1 aromatic carbocycles. The summed E-state index contributed by atoms with van der Waals surface area (Å²) >= 11 is 0. The Morgan fingerprint density at radius 3 is 2.53 bits per heavy atom. The summed E-state index contributed by atoms with van der Waals surface area (Å²) in [5, 5.41) is 11.4. The molecule has 5 heteroatoms. The summed E-state index contributed by atoms with van der Waals surface area (Å²) in [4.78, 5) is 11.6. The molecule has 1 rings (SSSR count). The molecule has 0 saturated carbocycles. The molecule has 0 aliphatic rings. The Morgan fingerprint density at radius 1 is 1.47 bits per heavy atom. The summed E-state index contributed by atoms with van der Waals surface area (Å²) in [5.41, 5.74) is -1.28. The van der Waals surface area contributed by atoms with E-state index < -0.39 is 23.1 Å². The van der Waals surface area contributed by atoms with Crippen molar-refractivity contribution >= 4 is 12.0 Å². The van der Waals surface area contributed by atoms with Gasteiger partial charge < -0.3 is 5.32 Å². The van der Waals surface area contributed by atoms with Gasteiger partial charge in [0.2, 0.25) is 5.91 Å². The topological polar surface area (TPSA) is 52.9 Å². The highest BCUT2D eigenvalue weighted by atomic mass is 19.1. The zero-order valence-corrected chi connectivity index (χ0v) is 10.7. The molecule has 0 aromatic heterocycles. The van der Waals surface area contributed by atoms with E-state index in [1.54, 1.807) is 13.8 Å². The van der Waals surface area contributed by atoms with Crippen molar-refractivity contribution in [2.45, 2.75) is 25.8 Å². The molecule has 0 aliphatic heterocycles. The predicted octanol–water partition coefficient (Wildman–Crippen LogP) is 2.79. The summed E-state index contributed by atoms with van der Waals surface area (Å²) in [7, 11) is 0. The number of nitriles is 1. The van der Waals surface area contributed by atoms with Crippen LogP contribution in [-0.4, -0.2) is 11.4 Å². The molecule has 0 aliphatic carbocycles. The maximum Gasteiger partial charge on any atom is 0.245 e. The van der Waals surface area contributed by atoms with Crippen molar-refractivity contribution in [1.82, 2.24) is 5.32 Å². The zero-order chi connectivity index (χ0) is 14.5. The first-order chi connectivity index (χ1) is 8.91. The lowest BCUT2D eigenvalue weighted by Gasteiger charge is -2.19. The molecule has 0 saturated heterocycles. The maximum atomic E-state index is 13.3. The van der Waals surface area contributed by atoms with Crippen LogP contribution < -0.4 is 5.32 Å². The fourth-order valence-corrected chi connectivity index (χ4v) is 1.34. The van der Waals surface area contributed by atoms with E-state index in [1.807, 2.05) is 6.07 Å². The van der Waals surface area contributed by atoms with Gasteiger partial charge in [-0.3, -0.25) is 4.79 Å². The van der Waals surface area contributed by atoms with Crippen LogP contribution in [0.5, 0.6) is 0 Å². The highest BCUT2D eigenvalue weighted by Gasteiger charge is 2.22. The molecule has 19 heavy (non-hydrogen) atoms. The molecule has 1 amide bonds. The maximum absolute atomic E-state index is 13.3. The second kappa shape index (κ2) is 6.10. The number of nitrogens with zero attached hydrogens (tertiary/aromatic N) is 1. The molecule has 0 fully saturated rings. The van der Waals surface area contributed by atoms with E-state index in [1.165, 1.54) is 6.07 Å². The van der Waals surface area contributed by atoms with Gasteiger partial charge >= 0.3 is 0 Å². The number of halogens is 2. The van der Waals surface area contributed by atoms with Crippen LogP contribution in [0.2, 0.25) is 0 Å². The largest absolute Gasteiger partial charge is 0.334 e. The molecular weight excluding hydrogens is 250 g/mol. The first-order valence-electron chi connectivity index (χ1n) is 5.77. The smallest absolute Gasteiger partial charge is 0.245 e. The van der Waals surface area contributed by atoms with Gasteiger partial charge in [0, 0.05) is 11.6 Å². The van der Waals surface area contributed by atoms with Crippen molar-refractivity contribution in [2.75, 3.05) is 0 Å². The van der Waals surface area contributed by atoms with Crippen LogP contribution in [0.25, 0.3) is 6.08 Å². The lowest BCUT2D eigenvalue weighted by molar-refractivity contribution is -0.117. The molecule has 0 spiro atoms. The van der Waals surface area contributed by atoms with Crippen LogP contribution in [-0.2, 0) is 4.79 Å². The van der Waals surface area contributed by atoms with Crippen molar-refractivity contribution in [1.29, 1.82) is 5.26 Å². The van der Waals surface area contributed by atoms with Gasteiger partial charge in [0.1, 0.15) is 17.2 Å². The van der Waals surface area contributed by atoms with E-state index in [2.05, 4.69) is 5.32 Å². The second-order valence-electron chi connectivity index (χ2n) is 4.26. The number of rotatable bonds is 4. The highest BCUT2D eigenvalue weighted by molar-refractivity contribution is 5.92. The zero-order valence-electron chi connectivity index (χ0n) is 10.7. The second-order valence-corrected chi connectivity index (χ2v) is 4.26. The molecule has 1 aromatic rings. The standard InChI is InChI=1S/C14H14F2N2O/c1-3-14(2,9-17)18-13(19)8-7-10-11(15)5-4-6-12(10)16/h4-8H,3H2,1-2H3,(H,18,19)/b8-7-/t14-/m1/s1. The quantitative estimate of drug-likeness (QED) is 0.850. The van der Waals surface area contributed by atoms with Crippen LogP contribution in [0, 0.1) is 23.0 Å². The van der Waals surface area contributed by atoms with E-state index in [9.17, 15) is 13.6 Å². The molecule has 0 bridgehead atoms. The molecule has 1 N–H and O–H groups in total. The number of hydrogen-bond acceptors (Lipinski definition) is 2. The molecule has 100 valence electrons. The Kier molecular flexibility index (Phi) is 4.76. The molecular formula is C14H14F2N2O. The lowest BCUT2D eigenvalue weighted by Crippen LogP contribution is -2.43. The SMILES string of the molecule is CC[C@](C)(C#N)NC(=O)/C=C\c1c(F)cccc1F. The van der Waals surface area contributed by atoms with Crippen molar-refractivity contribution in [3.05, 3.63) is 41.5 Å². The number of carbonyl (C=O) groups is 1. The normalized spacial score (nSPS) is 13.8. The van der Waals surface area contributed by atoms with Crippen molar-refractivity contribution in [2.24, 2.45) is 0 Å². The van der Waals surface area contributed by atoms with Gasteiger partial charge in [0.15, 0.2) is 0 Å². The predicted molar refractivity (Wildman–Crippen MR) is 67.8 cm³/mol. The monoisotopic (exact) mass is 264 g/mol. The molecule has 0 radical (unpaired) electrons. The molecule has 1 atom stereocenters. The van der Waals surface area contributed by atoms with Gasteiger partial charge in [-0.15, -0.1) is 0 Å². The van der Waals surface area contributed by atoms with E-state index in [0.717, 1.165) is 24.3 Å². The number of hydrogen-bond donors (Lipinski definition) is 1. The number of nitrogens with one attached hydrogen (secondary N) is 1. The Labute approximate surface area is 110 Å².